The summed E-state index contributed by atoms with van der Waals surface area (Å²) >= 11 is 0. The third-order valence-electron chi connectivity index (χ3n) is 9.72. The van der Waals surface area contributed by atoms with Crippen molar-refractivity contribution in [2.24, 2.45) is 26.8 Å². The zero-order chi connectivity index (χ0) is 37.0. The molecule has 2 fully saturated rings. The van der Waals surface area contributed by atoms with Gasteiger partial charge in [-0.05, 0) is 81.1 Å². The van der Waals surface area contributed by atoms with Gasteiger partial charge in [-0.3, -0.25) is 19.2 Å². The normalized spacial score (nSPS) is 23.5. The van der Waals surface area contributed by atoms with Crippen molar-refractivity contribution >= 4 is 46.9 Å². The third kappa shape index (κ3) is 6.00. The highest BCUT2D eigenvalue weighted by atomic mass is 16.7. The zero-order valence-electron chi connectivity index (χ0n) is 29.6. The molecular formula is C37H38N6O8. The van der Waals surface area contributed by atoms with E-state index < -0.39 is 35.6 Å². The second-order valence-electron chi connectivity index (χ2n) is 13.0. The summed E-state index contributed by atoms with van der Waals surface area (Å²) in [4.78, 5) is 88.8. The number of piperidine rings is 1. The Hall–Kier alpha value is -5.92. The first-order chi connectivity index (χ1) is 24.1. The van der Waals surface area contributed by atoms with Gasteiger partial charge in [0.2, 0.25) is 0 Å². The molecule has 6 aliphatic rings. The number of imide groups is 1. The van der Waals surface area contributed by atoms with Gasteiger partial charge < -0.3 is 20.1 Å². The van der Waals surface area contributed by atoms with Crippen molar-refractivity contribution in [1.29, 1.82) is 0 Å². The second-order valence-corrected chi connectivity index (χ2v) is 13.0. The topological polar surface area (TPSA) is 188 Å². The first kappa shape index (κ1) is 34.9. The summed E-state index contributed by atoms with van der Waals surface area (Å²) in [6.07, 6.45) is 6.08. The Balaban J connectivity index is 1.68. The van der Waals surface area contributed by atoms with Crippen LogP contribution in [0.5, 0.6) is 0 Å². The van der Waals surface area contributed by atoms with E-state index in [1.54, 1.807) is 19.9 Å². The lowest BCUT2D eigenvalue weighted by Gasteiger charge is -2.28. The second kappa shape index (κ2) is 13.1. The van der Waals surface area contributed by atoms with Crippen molar-refractivity contribution < 1.29 is 38.8 Å². The standard InChI is InChI=1S/C37H38N6O8/c1-9-22-15(2)24-14-29-31(19(6)42-50-20(7)44)17(4)26(39-29)12-25-16(3)23(10-11-30(46)47)34(40-25)33-35-32(18(5)27(41-35)13-28(22)38-24)36(48)43(37(33)49)51-21(8)45/h12-14,16,23,40,42H,9-11H2,1-8H3,(H,46,47)/b24-14?,25-12?,27-13?,31-19+,34-33?. The molecule has 8 bridgehead atoms. The zero-order valence-corrected chi connectivity index (χ0v) is 29.6. The van der Waals surface area contributed by atoms with Crippen LogP contribution in [0.4, 0.5) is 0 Å². The number of allylic oxidation sites excluding steroid dienone is 11. The van der Waals surface area contributed by atoms with Crippen molar-refractivity contribution in [3.8, 4) is 0 Å². The van der Waals surface area contributed by atoms with Crippen LogP contribution in [0.2, 0.25) is 0 Å². The van der Waals surface area contributed by atoms with E-state index in [1.807, 2.05) is 39.8 Å². The molecule has 0 aromatic heterocycles. The largest absolute Gasteiger partial charge is 0.481 e. The number of nitrogens with zero attached hydrogens (tertiary/aromatic N) is 4. The van der Waals surface area contributed by atoms with E-state index in [9.17, 15) is 29.1 Å². The first-order valence-electron chi connectivity index (χ1n) is 16.6. The van der Waals surface area contributed by atoms with Gasteiger partial charge in [0.15, 0.2) is 0 Å². The summed E-state index contributed by atoms with van der Waals surface area (Å²) in [5.41, 5.74) is 11.1. The van der Waals surface area contributed by atoms with E-state index in [2.05, 4.69) is 10.8 Å². The lowest BCUT2D eigenvalue weighted by molar-refractivity contribution is -0.197. The van der Waals surface area contributed by atoms with Crippen LogP contribution in [-0.4, -0.2) is 57.0 Å². The fourth-order valence-corrected chi connectivity index (χ4v) is 7.17. The van der Waals surface area contributed by atoms with Crippen LogP contribution in [-0.2, 0) is 33.6 Å². The number of carbonyl (C=O) groups excluding carboxylic acids is 4. The number of fused-ring (bicyclic) bond motifs is 5. The summed E-state index contributed by atoms with van der Waals surface area (Å²) in [5.74, 6) is -4.99. The molecule has 14 nitrogen and oxygen atoms in total. The molecular weight excluding hydrogens is 656 g/mol. The minimum atomic E-state index is -1.01. The molecule has 0 aromatic carbocycles. The van der Waals surface area contributed by atoms with Gasteiger partial charge in [-0.25, -0.2) is 25.3 Å². The van der Waals surface area contributed by atoms with Crippen molar-refractivity contribution in [2.45, 2.75) is 74.7 Å². The van der Waals surface area contributed by atoms with Crippen molar-refractivity contribution in [2.75, 3.05) is 0 Å². The van der Waals surface area contributed by atoms with Gasteiger partial charge in [0, 0.05) is 49.1 Å². The van der Waals surface area contributed by atoms with Crippen molar-refractivity contribution in [1.82, 2.24) is 15.9 Å². The minimum absolute atomic E-state index is 0.00559. The van der Waals surface area contributed by atoms with Gasteiger partial charge >= 0.3 is 17.9 Å². The van der Waals surface area contributed by atoms with Crippen LogP contribution >= 0.6 is 0 Å². The van der Waals surface area contributed by atoms with Gasteiger partial charge in [-0.1, -0.05) is 18.9 Å². The molecule has 2 amide bonds. The van der Waals surface area contributed by atoms with Gasteiger partial charge in [0.1, 0.15) is 0 Å². The maximum Gasteiger partial charge on any atom is 0.330 e. The molecule has 6 rings (SSSR count). The highest BCUT2D eigenvalue weighted by Gasteiger charge is 2.49. The molecule has 264 valence electrons. The number of carboxylic acids is 1. The van der Waals surface area contributed by atoms with Gasteiger partial charge in [0.25, 0.3) is 11.8 Å². The number of carbonyl (C=O) groups is 5. The number of rotatable bonds is 7. The Morgan fingerprint density at radius 2 is 1.57 bits per heavy atom. The summed E-state index contributed by atoms with van der Waals surface area (Å²) in [6.45, 7) is 13.6. The highest BCUT2D eigenvalue weighted by Crippen LogP contribution is 2.44. The highest BCUT2D eigenvalue weighted by molar-refractivity contribution is 6.44. The molecule has 51 heavy (non-hydrogen) atoms. The van der Waals surface area contributed by atoms with Crippen LogP contribution < -0.4 is 10.8 Å². The Bertz CT molecular complexity index is 2110. The molecule has 0 saturated carbocycles. The van der Waals surface area contributed by atoms with Crippen LogP contribution in [0.1, 0.15) is 74.7 Å². The SMILES string of the molecule is CCC1=C(C)C2=CC3=NC(=C(C)/C3=C(/C)NOC(C)=O)C=C3NC(=C4C(=O)N(OC(C)=O)C(=O)C5=C(C)C(=CC1=N2)N=C54)C(CCC(=O)O)C3C. The molecule has 6 heterocycles. The lowest BCUT2D eigenvalue weighted by Crippen LogP contribution is -2.48. The maximum absolute atomic E-state index is 14.2. The fraction of sp³-hybridized carbons (Fsp3) is 0.351. The Labute approximate surface area is 294 Å². The summed E-state index contributed by atoms with van der Waals surface area (Å²) in [7, 11) is 0. The van der Waals surface area contributed by atoms with Crippen LogP contribution in [0.15, 0.2) is 106 Å². The Morgan fingerprint density at radius 1 is 0.902 bits per heavy atom. The summed E-state index contributed by atoms with van der Waals surface area (Å²) < 4.78 is 0. The molecule has 0 aromatic rings. The molecule has 0 radical (unpaired) electrons. The van der Waals surface area contributed by atoms with Crippen molar-refractivity contribution in [3.63, 3.8) is 0 Å². The molecule has 14 heteroatoms. The molecule has 3 N–H and O–H groups in total. The molecule has 0 aliphatic carbocycles. The predicted molar refractivity (Wildman–Crippen MR) is 186 cm³/mol. The van der Waals surface area contributed by atoms with Gasteiger partial charge in [-0.2, -0.15) is 0 Å². The van der Waals surface area contributed by atoms with Crippen molar-refractivity contribution in [3.05, 3.63) is 91.4 Å². The monoisotopic (exact) mass is 694 g/mol. The van der Waals surface area contributed by atoms with Gasteiger partial charge in [-0.15, -0.1) is 0 Å². The molecule has 2 unspecified atom stereocenters. The fourth-order valence-electron chi connectivity index (χ4n) is 7.17. The average molecular weight is 695 g/mol. The predicted octanol–water partition coefficient (Wildman–Crippen LogP) is 4.50. The number of aliphatic imine (C=N–C) groups is 3. The van der Waals surface area contributed by atoms with E-state index >= 15 is 0 Å². The number of carboxylic acid groups (broad SMARTS) is 1. The van der Waals surface area contributed by atoms with Crippen LogP contribution in [0, 0.1) is 11.8 Å². The molecule has 2 saturated heterocycles. The number of hydrogen-bond acceptors (Lipinski definition) is 12. The number of nitrogens with one attached hydrogen (secondary N) is 2. The number of aliphatic carboxylic acids is 1. The summed E-state index contributed by atoms with van der Waals surface area (Å²) in [5, 5.41) is 13.5. The first-order valence-corrected chi connectivity index (χ1v) is 16.6. The van der Waals surface area contributed by atoms with E-state index in [-0.39, 0.29) is 35.6 Å². The van der Waals surface area contributed by atoms with Crippen LogP contribution in [0.3, 0.4) is 0 Å². The van der Waals surface area contributed by atoms with E-state index in [0.717, 1.165) is 23.6 Å². The van der Waals surface area contributed by atoms with E-state index in [1.165, 1.54) is 6.92 Å². The van der Waals surface area contributed by atoms with E-state index in [4.69, 9.17) is 24.7 Å². The minimum Gasteiger partial charge on any atom is -0.481 e. The molecule has 0 spiro atoms. The lowest BCUT2D eigenvalue weighted by atomic mass is 9.84. The average Bonchev–Trinajstić information content (AvgIpc) is 3.74. The van der Waals surface area contributed by atoms with E-state index in [0.29, 0.717) is 68.2 Å². The number of amides is 2. The van der Waals surface area contributed by atoms with Crippen LogP contribution in [0.25, 0.3) is 0 Å². The number of hydrogen-bond donors (Lipinski definition) is 3. The van der Waals surface area contributed by atoms with Gasteiger partial charge in [0.05, 0.1) is 51.1 Å². The Kier molecular flexibility index (Phi) is 8.96. The molecule has 6 aliphatic heterocycles. The molecule has 2 atom stereocenters. The third-order valence-corrected chi connectivity index (χ3v) is 9.72. The maximum atomic E-state index is 14.2. The number of hydroxylamine groups is 3. The smallest absolute Gasteiger partial charge is 0.330 e. The Morgan fingerprint density at radius 3 is 2.22 bits per heavy atom. The summed E-state index contributed by atoms with van der Waals surface area (Å²) in [6, 6.07) is 0. The quantitative estimate of drug-likeness (QED) is 0.253.